The molecule has 2 N–H and O–H groups in total. The maximum absolute atomic E-state index is 15.4. The molecule has 1 amide bonds. The zero-order chi connectivity index (χ0) is 24.2. The summed E-state index contributed by atoms with van der Waals surface area (Å²) in [5, 5.41) is 5.85. The number of benzene rings is 3. The third-order valence-electron chi connectivity index (χ3n) is 6.01. The van der Waals surface area contributed by atoms with E-state index >= 15 is 8.78 Å². The molecular weight excluding hydrogens is 458 g/mol. The van der Waals surface area contributed by atoms with Crippen molar-refractivity contribution >= 4 is 29.0 Å². The summed E-state index contributed by atoms with van der Waals surface area (Å²) in [5.41, 5.74) is -0.106. The zero-order valence-electron chi connectivity index (χ0n) is 18.2. The van der Waals surface area contributed by atoms with Gasteiger partial charge in [0.1, 0.15) is 0 Å². The molecule has 0 heterocycles. The molecule has 3 aromatic rings. The van der Waals surface area contributed by atoms with Gasteiger partial charge < -0.3 is 10.6 Å². The number of para-hydroxylation sites is 1. The molecule has 0 spiro atoms. The maximum Gasteiger partial charge on any atom is 0.326 e. The van der Waals surface area contributed by atoms with Crippen LogP contribution >= 0.6 is 11.6 Å². The fourth-order valence-electron chi connectivity index (χ4n) is 4.26. The number of rotatable bonds is 8. The van der Waals surface area contributed by atoms with Gasteiger partial charge >= 0.3 is 5.92 Å². The van der Waals surface area contributed by atoms with Gasteiger partial charge in [0.15, 0.2) is 5.78 Å². The Hall–Kier alpha value is -3.51. The Morgan fingerprint density at radius 3 is 2.24 bits per heavy atom. The summed E-state index contributed by atoms with van der Waals surface area (Å²) in [6.07, 6.45) is 1.84. The van der Waals surface area contributed by atoms with Crippen molar-refractivity contribution in [3.05, 3.63) is 113 Å². The quantitative estimate of drug-likeness (QED) is 0.445. The number of nitrogens with one attached hydrogen (secondary N) is 2. The standard InChI is InChI=1S/C27H23ClF2N2O2/c28-21-13-7-8-14-22(21)32-23-15-16-24(33)26(23,20-11-5-2-6-12-20)18-27(29,30)25(34)31-17-19-9-3-1-4-10-19/h1-16,23,32H,17-18H2,(H,31,34)/t23-,26-/m1/s1. The highest BCUT2D eigenvalue weighted by Gasteiger charge is 2.56. The second-order valence-electron chi connectivity index (χ2n) is 8.21. The smallest absolute Gasteiger partial charge is 0.326 e. The average Bonchev–Trinajstić information content (AvgIpc) is 3.15. The minimum Gasteiger partial charge on any atom is -0.376 e. The fourth-order valence-corrected chi connectivity index (χ4v) is 4.45. The Morgan fingerprint density at radius 1 is 0.941 bits per heavy atom. The van der Waals surface area contributed by atoms with Crippen molar-refractivity contribution in [1.82, 2.24) is 5.32 Å². The molecule has 174 valence electrons. The van der Waals surface area contributed by atoms with E-state index in [0.29, 0.717) is 21.8 Å². The van der Waals surface area contributed by atoms with Crippen LogP contribution in [0.1, 0.15) is 17.5 Å². The summed E-state index contributed by atoms with van der Waals surface area (Å²) in [6.45, 7) is -0.0406. The summed E-state index contributed by atoms with van der Waals surface area (Å²) in [7, 11) is 0. The second-order valence-corrected chi connectivity index (χ2v) is 8.62. The number of ketones is 1. The fraction of sp³-hybridized carbons (Fsp3) is 0.185. The SMILES string of the molecule is O=C(NCc1ccccc1)C(F)(F)C[C@]1(c2ccccc2)C(=O)C=C[C@H]1Nc1ccccc1Cl. The lowest BCUT2D eigenvalue weighted by atomic mass is 9.70. The van der Waals surface area contributed by atoms with E-state index in [2.05, 4.69) is 10.6 Å². The summed E-state index contributed by atoms with van der Waals surface area (Å²) < 4.78 is 30.8. The van der Waals surface area contributed by atoms with E-state index in [1.165, 1.54) is 6.08 Å². The van der Waals surface area contributed by atoms with Crippen LogP contribution in [0.2, 0.25) is 5.02 Å². The molecule has 2 atom stereocenters. The van der Waals surface area contributed by atoms with Gasteiger partial charge in [0.05, 0.1) is 22.2 Å². The monoisotopic (exact) mass is 480 g/mol. The third-order valence-corrected chi connectivity index (χ3v) is 6.34. The Bertz CT molecular complexity index is 1200. The molecule has 0 radical (unpaired) electrons. The van der Waals surface area contributed by atoms with Crippen molar-refractivity contribution in [2.24, 2.45) is 0 Å². The molecule has 0 saturated heterocycles. The molecule has 0 fully saturated rings. The van der Waals surface area contributed by atoms with E-state index in [4.69, 9.17) is 11.6 Å². The van der Waals surface area contributed by atoms with Gasteiger partial charge in [-0.1, -0.05) is 90.5 Å². The summed E-state index contributed by atoms with van der Waals surface area (Å²) in [4.78, 5) is 25.8. The molecular formula is C27H23ClF2N2O2. The van der Waals surface area contributed by atoms with E-state index < -0.39 is 35.5 Å². The topological polar surface area (TPSA) is 58.2 Å². The lowest BCUT2D eigenvalue weighted by Crippen LogP contribution is -2.53. The molecule has 0 aliphatic heterocycles. The molecule has 34 heavy (non-hydrogen) atoms. The number of alkyl halides is 2. The van der Waals surface area contributed by atoms with Crippen molar-refractivity contribution in [1.29, 1.82) is 0 Å². The number of halogens is 3. The van der Waals surface area contributed by atoms with E-state index in [0.717, 1.165) is 0 Å². The van der Waals surface area contributed by atoms with E-state index in [-0.39, 0.29) is 6.54 Å². The number of carbonyl (C=O) groups excluding carboxylic acids is 2. The van der Waals surface area contributed by atoms with Gasteiger partial charge in [-0.2, -0.15) is 8.78 Å². The predicted octanol–water partition coefficient (Wildman–Crippen LogP) is 5.54. The number of hydrogen-bond acceptors (Lipinski definition) is 3. The molecule has 4 rings (SSSR count). The van der Waals surface area contributed by atoms with Crippen molar-refractivity contribution < 1.29 is 18.4 Å². The van der Waals surface area contributed by atoms with E-state index in [1.54, 1.807) is 91.0 Å². The Kier molecular flexibility index (Phi) is 6.80. The molecule has 4 nitrogen and oxygen atoms in total. The maximum atomic E-state index is 15.4. The van der Waals surface area contributed by atoms with Crippen LogP contribution in [0, 0.1) is 0 Å². The van der Waals surface area contributed by atoms with Gasteiger partial charge in [-0.3, -0.25) is 9.59 Å². The molecule has 1 aliphatic rings. The number of carbonyl (C=O) groups is 2. The largest absolute Gasteiger partial charge is 0.376 e. The Balaban J connectivity index is 1.65. The van der Waals surface area contributed by atoms with Crippen molar-refractivity contribution in [2.75, 3.05) is 5.32 Å². The minimum absolute atomic E-state index is 0.0406. The molecule has 0 bridgehead atoms. The van der Waals surface area contributed by atoms with Crippen LogP contribution in [-0.2, 0) is 21.5 Å². The average molecular weight is 481 g/mol. The van der Waals surface area contributed by atoms with Gasteiger partial charge in [-0.05, 0) is 29.3 Å². The first-order valence-electron chi connectivity index (χ1n) is 10.8. The van der Waals surface area contributed by atoms with Gasteiger partial charge in [0, 0.05) is 13.0 Å². The van der Waals surface area contributed by atoms with Crippen LogP contribution in [0.5, 0.6) is 0 Å². The van der Waals surface area contributed by atoms with Crippen LogP contribution in [-0.4, -0.2) is 23.7 Å². The highest BCUT2D eigenvalue weighted by molar-refractivity contribution is 6.33. The van der Waals surface area contributed by atoms with Crippen LogP contribution in [0.4, 0.5) is 14.5 Å². The zero-order valence-corrected chi connectivity index (χ0v) is 18.9. The second kappa shape index (κ2) is 9.77. The van der Waals surface area contributed by atoms with E-state index in [9.17, 15) is 9.59 Å². The highest BCUT2D eigenvalue weighted by atomic mass is 35.5. The van der Waals surface area contributed by atoms with Gasteiger partial charge in [-0.15, -0.1) is 0 Å². The molecule has 1 aliphatic carbocycles. The molecule has 0 aromatic heterocycles. The van der Waals surface area contributed by atoms with Gasteiger partial charge in [0.2, 0.25) is 0 Å². The summed E-state index contributed by atoms with van der Waals surface area (Å²) in [6, 6.07) is 23.2. The highest BCUT2D eigenvalue weighted by Crippen LogP contribution is 2.44. The van der Waals surface area contributed by atoms with Crippen LogP contribution in [0.25, 0.3) is 0 Å². The van der Waals surface area contributed by atoms with Crippen LogP contribution in [0.15, 0.2) is 97.1 Å². The molecule has 0 saturated carbocycles. The molecule has 3 aromatic carbocycles. The normalized spacial score (nSPS) is 19.7. The first-order valence-corrected chi connectivity index (χ1v) is 11.2. The number of allylic oxidation sites excluding steroid dienone is 1. The van der Waals surface area contributed by atoms with Gasteiger partial charge in [-0.25, -0.2) is 0 Å². The lowest BCUT2D eigenvalue weighted by Gasteiger charge is -2.37. The number of amides is 1. The third kappa shape index (κ3) is 4.73. The van der Waals surface area contributed by atoms with Crippen molar-refractivity contribution in [3.63, 3.8) is 0 Å². The van der Waals surface area contributed by atoms with Crippen LogP contribution < -0.4 is 10.6 Å². The molecule has 0 unspecified atom stereocenters. The summed E-state index contributed by atoms with van der Waals surface area (Å²) in [5.74, 6) is -5.74. The first kappa shape index (κ1) is 23.6. The summed E-state index contributed by atoms with van der Waals surface area (Å²) >= 11 is 6.28. The Morgan fingerprint density at radius 2 is 1.56 bits per heavy atom. The van der Waals surface area contributed by atoms with Crippen LogP contribution in [0.3, 0.4) is 0 Å². The molecule has 7 heteroatoms. The predicted molar refractivity (Wildman–Crippen MR) is 129 cm³/mol. The van der Waals surface area contributed by atoms with Gasteiger partial charge in [0.25, 0.3) is 5.91 Å². The number of anilines is 1. The number of hydrogen-bond donors (Lipinski definition) is 2. The van der Waals surface area contributed by atoms with Crippen molar-refractivity contribution in [3.8, 4) is 0 Å². The Labute approximate surface area is 201 Å². The lowest BCUT2D eigenvalue weighted by molar-refractivity contribution is -0.150. The van der Waals surface area contributed by atoms with E-state index in [1.807, 2.05) is 0 Å². The van der Waals surface area contributed by atoms with Crippen molar-refractivity contribution in [2.45, 2.75) is 30.3 Å². The first-order chi connectivity index (χ1) is 16.3. The minimum atomic E-state index is -3.81.